The van der Waals surface area contributed by atoms with Gasteiger partial charge in [0.25, 0.3) is 0 Å². The van der Waals surface area contributed by atoms with Gasteiger partial charge in [0.05, 0.1) is 17.1 Å². The Hall–Kier alpha value is -2.01. The maximum absolute atomic E-state index is 12.7. The van der Waals surface area contributed by atoms with Gasteiger partial charge in [-0.25, -0.2) is 18.0 Å². The molecule has 1 aromatic carbocycles. The number of piperidine rings is 1. The van der Waals surface area contributed by atoms with Crippen LogP contribution >= 0.6 is 0 Å². The minimum Gasteiger partial charge on any atom is -0.473 e. The molecular formula is C19H28N2O7S. The van der Waals surface area contributed by atoms with Gasteiger partial charge >= 0.3 is 11.9 Å². The van der Waals surface area contributed by atoms with Gasteiger partial charge in [-0.05, 0) is 38.8 Å². The van der Waals surface area contributed by atoms with Crippen LogP contribution in [-0.4, -0.2) is 84.2 Å². The molecule has 2 heterocycles. The van der Waals surface area contributed by atoms with Gasteiger partial charge in [-0.15, -0.1) is 0 Å². The topological polar surface area (TPSA) is 124 Å². The SMILES string of the molecule is CC1CN(C2CCN(S(=O)(=O)c3ccccc3)CC2)CC(C)O1.O=C(O)C(=O)O. The van der Waals surface area contributed by atoms with Gasteiger partial charge in [-0.1, -0.05) is 18.2 Å². The molecule has 0 radical (unpaired) electrons. The molecule has 0 amide bonds. The van der Waals surface area contributed by atoms with Gasteiger partial charge in [0.2, 0.25) is 10.0 Å². The van der Waals surface area contributed by atoms with Crippen LogP contribution in [0.5, 0.6) is 0 Å². The van der Waals surface area contributed by atoms with E-state index in [2.05, 4.69) is 18.7 Å². The van der Waals surface area contributed by atoms with Crippen LogP contribution in [0.2, 0.25) is 0 Å². The zero-order chi connectivity index (χ0) is 21.6. The van der Waals surface area contributed by atoms with E-state index in [1.54, 1.807) is 28.6 Å². The lowest BCUT2D eigenvalue weighted by Gasteiger charge is -2.43. The third-order valence-electron chi connectivity index (χ3n) is 4.95. The first-order chi connectivity index (χ1) is 13.6. The minimum atomic E-state index is -3.35. The highest BCUT2D eigenvalue weighted by atomic mass is 32.2. The van der Waals surface area contributed by atoms with E-state index in [4.69, 9.17) is 24.5 Å². The first kappa shape index (κ1) is 23.3. The molecule has 10 heteroatoms. The van der Waals surface area contributed by atoms with Gasteiger partial charge in [-0.3, -0.25) is 4.90 Å². The second-order valence-corrected chi connectivity index (χ2v) is 9.21. The Bertz CT molecular complexity index is 770. The summed E-state index contributed by atoms with van der Waals surface area (Å²) in [6.07, 6.45) is 2.30. The van der Waals surface area contributed by atoms with E-state index in [0.717, 1.165) is 25.9 Å². The number of hydrogen-bond donors (Lipinski definition) is 2. The van der Waals surface area contributed by atoms with Crippen LogP contribution in [0.1, 0.15) is 26.7 Å². The van der Waals surface area contributed by atoms with Crippen molar-refractivity contribution in [3.8, 4) is 0 Å². The van der Waals surface area contributed by atoms with E-state index < -0.39 is 22.0 Å². The molecule has 0 aromatic heterocycles. The zero-order valence-corrected chi connectivity index (χ0v) is 17.4. The number of ether oxygens (including phenoxy) is 1. The fraction of sp³-hybridized carbons (Fsp3) is 0.579. The highest BCUT2D eigenvalue weighted by Crippen LogP contribution is 2.25. The molecule has 0 spiro atoms. The van der Waals surface area contributed by atoms with Crippen molar-refractivity contribution in [2.75, 3.05) is 26.2 Å². The average molecular weight is 429 g/mol. The normalized spacial score (nSPS) is 24.3. The third-order valence-corrected chi connectivity index (χ3v) is 6.86. The molecule has 2 aliphatic rings. The van der Waals surface area contributed by atoms with Crippen molar-refractivity contribution in [2.24, 2.45) is 0 Å². The lowest BCUT2D eigenvalue weighted by Crippen LogP contribution is -2.53. The van der Waals surface area contributed by atoms with E-state index in [1.807, 2.05) is 6.07 Å². The van der Waals surface area contributed by atoms with Crippen LogP contribution in [0.15, 0.2) is 35.2 Å². The van der Waals surface area contributed by atoms with Crippen LogP contribution in [-0.2, 0) is 24.3 Å². The lowest BCUT2D eigenvalue weighted by molar-refractivity contribution is -0.159. The molecule has 29 heavy (non-hydrogen) atoms. The molecule has 162 valence electrons. The molecule has 1 aromatic rings. The summed E-state index contributed by atoms with van der Waals surface area (Å²) in [7, 11) is -3.35. The molecule has 2 aliphatic heterocycles. The Kier molecular flexibility index (Phi) is 8.14. The molecule has 2 unspecified atom stereocenters. The van der Waals surface area contributed by atoms with Gasteiger partial charge in [0.15, 0.2) is 0 Å². The number of carboxylic acids is 2. The van der Waals surface area contributed by atoms with Crippen molar-refractivity contribution in [1.29, 1.82) is 0 Å². The molecule has 2 saturated heterocycles. The largest absolute Gasteiger partial charge is 0.473 e. The number of aliphatic carboxylic acids is 2. The number of morpholine rings is 1. The summed E-state index contributed by atoms with van der Waals surface area (Å²) in [6.45, 7) is 7.31. The van der Waals surface area contributed by atoms with E-state index in [9.17, 15) is 8.42 Å². The van der Waals surface area contributed by atoms with Crippen molar-refractivity contribution in [3.63, 3.8) is 0 Å². The van der Waals surface area contributed by atoms with Gasteiger partial charge in [0.1, 0.15) is 0 Å². The van der Waals surface area contributed by atoms with Gasteiger partial charge < -0.3 is 14.9 Å². The number of sulfonamides is 1. The molecule has 2 fully saturated rings. The van der Waals surface area contributed by atoms with Gasteiger partial charge in [-0.2, -0.15) is 4.31 Å². The van der Waals surface area contributed by atoms with Crippen LogP contribution in [0.3, 0.4) is 0 Å². The fourth-order valence-corrected chi connectivity index (χ4v) is 5.20. The Morgan fingerprint density at radius 1 is 0.966 bits per heavy atom. The summed E-state index contributed by atoms with van der Waals surface area (Å²) in [5.41, 5.74) is 0. The number of carboxylic acid groups (broad SMARTS) is 2. The summed E-state index contributed by atoms with van der Waals surface area (Å²) < 4.78 is 32.8. The summed E-state index contributed by atoms with van der Waals surface area (Å²) in [5, 5.41) is 14.8. The number of carbonyl (C=O) groups is 2. The monoisotopic (exact) mass is 428 g/mol. The minimum absolute atomic E-state index is 0.254. The van der Waals surface area contributed by atoms with Crippen LogP contribution in [0, 0.1) is 0 Å². The van der Waals surface area contributed by atoms with Crippen LogP contribution in [0.25, 0.3) is 0 Å². The lowest BCUT2D eigenvalue weighted by atomic mass is 10.0. The molecular weight excluding hydrogens is 400 g/mol. The first-order valence-electron chi connectivity index (χ1n) is 9.52. The summed E-state index contributed by atoms with van der Waals surface area (Å²) in [4.78, 5) is 21.1. The van der Waals surface area contributed by atoms with E-state index in [-0.39, 0.29) is 12.2 Å². The smallest absolute Gasteiger partial charge is 0.414 e. The Morgan fingerprint density at radius 2 is 1.45 bits per heavy atom. The molecule has 2 N–H and O–H groups in total. The van der Waals surface area contributed by atoms with Crippen molar-refractivity contribution >= 4 is 22.0 Å². The third kappa shape index (κ3) is 6.49. The molecule has 0 aliphatic carbocycles. The summed E-state index contributed by atoms with van der Waals surface area (Å²) in [5.74, 6) is -3.65. The maximum Gasteiger partial charge on any atom is 0.414 e. The number of nitrogens with zero attached hydrogens (tertiary/aromatic N) is 2. The first-order valence-corrected chi connectivity index (χ1v) is 11.0. The summed E-state index contributed by atoms with van der Waals surface area (Å²) >= 11 is 0. The Balaban J connectivity index is 0.000000438. The molecule has 3 rings (SSSR count). The molecule has 0 saturated carbocycles. The second kappa shape index (κ2) is 10.1. The van der Waals surface area contributed by atoms with Crippen molar-refractivity contribution < 1.29 is 33.0 Å². The number of benzene rings is 1. The fourth-order valence-electron chi connectivity index (χ4n) is 3.71. The quantitative estimate of drug-likeness (QED) is 0.686. The van der Waals surface area contributed by atoms with E-state index >= 15 is 0 Å². The van der Waals surface area contributed by atoms with E-state index in [0.29, 0.717) is 24.0 Å². The second-order valence-electron chi connectivity index (χ2n) is 7.27. The highest BCUT2D eigenvalue weighted by Gasteiger charge is 2.34. The van der Waals surface area contributed by atoms with Crippen molar-refractivity contribution in [1.82, 2.24) is 9.21 Å². The van der Waals surface area contributed by atoms with Crippen LogP contribution in [0.4, 0.5) is 0 Å². The Morgan fingerprint density at radius 3 is 1.90 bits per heavy atom. The number of rotatable bonds is 3. The summed E-state index contributed by atoms with van der Waals surface area (Å²) in [6, 6.07) is 9.20. The number of hydrogen-bond acceptors (Lipinski definition) is 6. The van der Waals surface area contributed by atoms with E-state index in [1.165, 1.54) is 0 Å². The average Bonchev–Trinajstić information content (AvgIpc) is 2.68. The molecule has 0 bridgehead atoms. The molecule has 9 nitrogen and oxygen atoms in total. The zero-order valence-electron chi connectivity index (χ0n) is 16.6. The van der Waals surface area contributed by atoms with Gasteiger partial charge in [0, 0.05) is 32.2 Å². The van der Waals surface area contributed by atoms with Crippen molar-refractivity contribution in [2.45, 2.75) is 49.8 Å². The highest BCUT2D eigenvalue weighted by molar-refractivity contribution is 7.89. The molecule has 2 atom stereocenters. The Labute approximate surface area is 170 Å². The predicted octanol–water partition coefficient (Wildman–Crippen LogP) is 1.10. The standard InChI is InChI=1S/C17H26N2O3S.C2H2O4/c1-14-12-18(13-15(2)22-14)16-8-10-19(11-9-16)23(20,21)17-6-4-3-5-7-17;3-1(4)2(5)6/h3-7,14-16H,8-13H2,1-2H3;(H,3,4)(H,5,6). The predicted molar refractivity (Wildman–Crippen MR) is 105 cm³/mol. The van der Waals surface area contributed by atoms with Crippen LogP contribution < -0.4 is 0 Å². The van der Waals surface area contributed by atoms with Crippen molar-refractivity contribution in [3.05, 3.63) is 30.3 Å². The maximum atomic E-state index is 12.7.